The lowest BCUT2D eigenvalue weighted by Gasteiger charge is -2.36. The first-order valence-corrected chi connectivity index (χ1v) is 8.02. The van der Waals surface area contributed by atoms with Gasteiger partial charge in [-0.3, -0.25) is 9.00 Å². The fourth-order valence-electron chi connectivity index (χ4n) is 2.46. The van der Waals surface area contributed by atoms with Crippen LogP contribution in [0.25, 0.3) is 0 Å². The SMILES string of the molecule is CC1CN(C(=O)c2ccc(S(C)=O)cc2)CC(C)N1. The highest BCUT2D eigenvalue weighted by Gasteiger charge is 2.25. The van der Waals surface area contributed by atoms with Gasteiger partial charge in [-0.05, 0) is 38.1 Å². The molecule has 0 bridgehead atoms. The molecular weight excluding hydrogens is 260 g/mol. The van der Waals surface area contributed by atoms with E-state index in [1.807, 2.05) is 4.90 Å². The summed E-state index contributed by atoms with van der Waals surface area (Å²) in [7, 11) is -1.00. The number of benzene rings is 1. The topological polar surface area (TPSA) is 49.4 Å². The van der Waals surface area contributed by atoms with E-state index in [2.05, 4.69) is 19.2 Å². The lowest BCUT2D eigenvalue weighted by molar-refractivity contribution is 0.0673. The normalized spacial score (nSPS) is 25.1. The molecule has 1 heterocycles. The molecule has 0 aromatic heterocycles. The maximum absolute atomic E-state index is 12.4. The van der Waals surface area contributed by atoms with Crippen LogP contribution in [0.5, 0.6) is 0 Å². The Morgan fingerprint density at radius 2 is 1.74 bits per heavy atom. The van der Waals surface area contributed by atoms with Crippen LogP contribution in [0, 0.1) is 0 Å². The smallest absolute Gasteiger partial charge is 0.253 e. The van der Waals surface area contributed by atoms with E-state index >= 15 is 0 Å². The number of rotatable bonds is 2. The van der Waals surface area contributed by atoms with Crippen LogP contribution in [0.4, 0.5) is 0 Å². The van der Waals surface area contributed by atoms with E-state index < -0.39 is 10.8 Å². The lowest BCUT2D eigenvalue weighted by atomic mass is 10.1. The molecule has 1 saturated heterocycles. The summed E-state index contributed by atoms with van der Waals surface area (Å²) in [6.07, 6.45) is 1.64. The van der Waals surface area contributed by atoms with Crippen molar-refractivity contribution in [3.05, 3.63) is 29.8 Å². The lowest BCUT2D eigenvalue weighted by Crippen LogP contribution is -2.55. The van der Waals surface area contributed by atoms with E-state index in [1.54, 1.807) is 30.5 Å². The average molecular weight is 280 g/mol. The average Bonchev–Trinajstić information content (AvgIpc) is 2.37. The Hall–Kier alpha value is -1.20. The Bertz CT molecular complexity index is 477. The molecule has 1 aliphatic rings. The van der Waals surface area contributed by atoms with Crippen LogP contribution < -0.4 is 5.32 Å². The van der Waals surface area contributed by atoms with Crippen LogP contribution in [0.2, 0.25) is 0 Å². The highest BCUT2D eigenvalue weighted by atomic mass is 32.2. The van der Waals surface area contributed by atoms with Crippen molar-refractivity contribution in [2.24, 2.45) is 0 Å². The maximum Gasteiger partial charge on any atom is 0.253 e. The van der Waals surface area contributed by atoms with Gasteiger partial charge >= 0.3 is 0 Å². The molecule has 1 N–H and O–H groups in total. The van der Waals surface area contributed by atoms with Gasteiger partial charge in [0.1, 0.15) is 0 Å². The molecule has 2 rings (SSSR count). The molecule has 0 radical (unpaired) electrons. The minimum Gasteiger partial charge on any atom is -0.336 e. The summed E-state index contributed by atoms with van der Waals surface area (Å²) in [6.45, 7) is 5.62. The number of nitrogens with zero attached hydrogens (tertiary/aromatic N) is 1. The fourth-order valence-corrected chi connectivity index (χ4v) is 2.98. The van der Waals surface area contributed by atoms with Gasteiger partial charge in [0.05, 0.1) is 0 Å². The summed E-state index contributed by atoms with van der Waals surface area (Å²) >= 11 is 0. The second-order valence-electron chi connectivity index (χ2n) is 5.16. The van der Waals surface area contributed by atoms with Gasteiger partial charge in [-0.1, -0.05) is 0 Å². The van der Waals surface area contributed by atoms with E-state index in [4.69, 9.17) is 0 Å². The highest BCUT2D eigenvalue weighted by Crippen LogP contribution is 2.13. The van der Waals surface area contributed by atoms with Crippen molar-refractivity contribution in [2.75, 3.05) is 19.3 Å². The molecule has 104 valence electrons. The Morgan fingerprint density at radius 1 is 1.21 bits per heavy atom. The molecule has 19 heavy (non-hydrogen) atoms. The van der Waals surface area contributed by atoms with Gasteiger partial charge in [-0.2, -0.15) is 0 Å². The fraction of sp³-hybridized carbons (Fsp3) is 0.500. The van der Waals surface area contributed by atoms with Gasteiger partial charge in [0.25, 0.3) is 5.91 Å². The zero-order valence-corrected chi connectivity index (χ0v) is 12.4. The predicted molar refractivity (Wildman–Crippen MR) is 76.7 cm³/mol. The van der Waals surface area contributed by atoms with E-state index in [9.17, 15) is 9.00 Å². The molecular formula is C14H20N2O2S. The molecule has 4 nitrogen and oxygen atoms in total. The largest absolute Gasteiger partial charge is 0.336 e. The van der Waals surface area contributed by atoms with Crippen molar-refractivity contribution in [3.8, 4) is 0 Å². The first kappa shape index (κ1) is 14.2. The Morgan fingerprint density at radius 3 is 2.21 bits per heavy atom. The Balaban J connectivity index is 2.12. The monoisotopic (exact) mass is 280 g/mol. The van der Waals surface area contributed by atoms with Crippen LogP contribution in [0.1, 0.15) is 24.2 Å². The van der Waals surface area contributed by atoms with Crippen molar-refractivity contribution in [2.45, 2.75) is 30.8 Å². The number of carbonyl (C=O) groups is 1. The number of carbonyl (C=O) groups excluding carboxylic acids is 1. The van der Waals surface area contributed by atoms with E-state index in [0.717, 1.165) is 18.0 Å². The number of piperazine rings is 1. The molecule has 0 saturated carbocycles. The van der Waals surface area contributed by atoms with Crippen LogP contribution in [-0.2, 0) is 10.8 Å². The standard InChI is InChI=1S/C14H20N2O2S/c1-10-8-16(9-11(2)15-10)14(17)12-4-6-13(7-5-12)19(3)18/h4-7,10-11,15H,8-9H2,1-3H3. The third-order valence-corrected chi connectivity index (χ3v) is 4.21. The van der Waals surface area contributed by atoms with Crippen LogP contribution >= 0.6 is 0 Å². The zero-order valence-electron chi connectivity index (χ0n) is 11.6. The first-order valence-electron chi connectivity index (χ1n) is 6.46. The molecule has 5 heteroatoms. The van der Waals surface area contributed by atoms with Gasteiger partial charge in [-0.15, -0.1) is 0 Å². The number of hydrogen-bond donors (Lipinski definition) is 1. The quantitative estimate of drug-likeness (QED) is 0.887. The van der Waals surface area contributed by atoms with Crippen molar-refractivity contribution in [1.29, 1.82) is 0 Å². The molecule has 1 aromatic rings. The number of amides is 1. The third-order valence-electron chi connectivity index (χ3n) is 3.28. The van der Waals surface area contributed by atoms with Gasteiger partial charge in [0.2, 0.25) is 0 Å². The third kappa shape index (κ3) is 3.42. The molecule has 1 amide bonds. The van der Waals surface area contributed by atoms with Crippen LogP contribution in [0.3, 0.4) is 0 Å². The summed E-state index contributed by atoms with van der Waals surface area (Å²) in [4.78, 5) is 15.0. The number of hydrogen-bond acceptors (Lipinski definition) is 3. The number of nitrogens with one attached hydrogen (secondary N) is 1. The minimum atomic E-state index is -1.00. The van der Waals surface area contributed by atoms with Crippen molar-refractivity contribution < 1.29 is 9.00 Å². The van der Waals surface area contributed by atoms with E-state index in [1.165, 1.54) is 0 Å². The second kappa shape index (κ2) is 5.84. The predicted octanol–water partition coefficient (Wildman–Crippen LogP) is 1.25. The second-order valence-corrected chi connectivity index (χ2v) is 6.54. The van der Waals surface area contributed by atoms with Gasteiger partial charge in [-0.25, -0.2) is 0 Å². The van der Waals surface area contributed by atoms with E-state index in [-0.39, 0.29) is 5.91 Å². The van der Waals surface area contributed by atoms with E-state index in [0.29, 0.717) is 17.6 Å². The molecule has 0 aliphatic carbocycles. The van der Waals surface area contributed by atoms with Gasteiger partial charge in [0, 0.05) is 52.7 Å². The molecule has 1 aliphatic heterocycles. The van der Waals surface area contributed by atoms with Crippen molar-refractivity contribution in [3.63, 3.8) is 0 Å². The molecule has 3 atom stereocenters. The van der Waals surface area contributed by atoms with Crippen LogP contribution in [-0.4, -0.2) is 46.4 Å². The Labute approximate surface area is 116 Å². The molecule has 3 unspecified atom stereocenters. The molecule has 1 fully saturated rings. The van der Waals surface area contributed by atoms with Crippen molar-refractivity contribution >= 4 is 16.7 Å². The maximum atomic E-state index is 12.4. The summed E-state index contributed by atoms with van der Waals surface area (Å²) in [5.41, 5.74) is 0.663. The van der Waals surface area contributed by atoms with Crippen molar-refractivity contribution in [1.82, 2.24) is 10.2 Å². The Kier molecular flexibility index (Phi) is 4.37. The first-order chi connectivity index (χ1) is 8.97. The minimum absolute atomic E-state index is 0.0497. The highest BCUT2D eigenvalue weighted by molar-refractivity contribution is 7.84. The summed E-state index contributed by atoms with van der Waals surface area (Å²) in [5, 5.41) is 3.41. The summed E-state index contributed by atoms with van der Waals surface area (Å²) in [6, 6.07) is 7.68. The van der Waals surface area contributed by atoms with Gasteiger partial charge < -0.3 is 10.2 Å². The molecule has 1 aromatic carbocycles. The molecule has 0 spiro atoms. The van der Waals surface area contributed by atoms with Crippen LogP contribution in [0.15, 0.2) is 29.2 Å². The summed E-state index contributed by atoms with van der Waals surface area (Å²) in [5.74, 6) is 0.0497. The van der Waals surface area contributed by atoms with Gasteiger partial charge in [0.15, 0.2) is 0 Å². The summed E-state index contributed by atoms with van der Waals surface area (Å²) < 4.78 is 11.3. The zero-order chi connectivity index (χ0) is 14.0.